The molecule has 3 nitrogen and oxygen atoms in total. The molecule has 0 aliphatic carbocycles. The number of aromatic nitrogens is 1. The molecule has 0 unspecified atom stereocenters. The second-order valence-corrected chi connectivity index (χ2v) is 4.99. The summed E-state index contributed by atoms with van der Waals surface area (Å²) in [6.07, 6.45) is 1.49. The molecule has 1 amide bonds. The quantitative estimate of drug-likeness (QED) is 0.851. The van der Waals surface area contributed by atoms with Crippen molar-refractivity contribution in [3.05, 3.63) is 27.7 Å². The van der Waals surface area contributed by atoms with Crippen LogP contribution in [0.15, 0.2) is 22.1 Å². The predicted molar refractivity (Wildman–Crippen MR) is 55.8 cm³/mol. The van der Waals surface area contributed by atoms with Gasteiger partial charge < -0.3 is 5.73 Å². The minimum atomic E-state index is -0.445. The Kier molecular flexibility index (Phi) is 2.05. The van der Waals surface area contributed by atoms with Crippen LogP contribution in [0.1, 0.15) is 10.4 Å². The molecule has 2 N–H and O–H groups in total. The van der Waals surface area contributed by atoms with Crippen LogP contribution in [-0.2, 0) is 0 Å². The highest BCUT2D eigenvalue weighted by Crippen LogP contribution is 2.28. The molecular weight excluding hydrogens is 252 g/mol. The van der Waals surface area contributed by atoms with Gasteiger partial charge in [0.2, 0.25) is 5.91 Å². The molecule has 0 saturated carbocycles. The lowest BCUT2D eigenvalue weighted by molar-refractivity contribution is 0.1000. The van der Waals surface area contributed by atoms with Crippen LogP contribution in [0.4, 0.5) is 0 Å². The molecule has 0 aliphatic rings. The number of halogens is 1. The highest BCUT2D eigenvalue weighted by Gasteiger charge is 2.05. The highest BCUT2D eigenvalue weighted by atomic mass is 79.9. The molecular formula is C8H5BrN2OS. The van der Waals surface area contributed by atoms with Gasteiger partial charge in [-0.15, -0.1) is 11.3 Å². The van der Waals surface area contributed by atoms with Gasteiger partial charge in [-0.25, -0.2) is 0 Å². The largest absolute Gasteiger partial charge is 0.366 e. The molecule has 2 heterocycles. The number of carbonyl (C=O) groups is 1. The first-order valence-electron chi connectivity index (χ1n) is 3.52. The average molecular weight is 257 g/mol. The highest BCUT2D eigenvalue weighted by molar-refractivity contribution is 9.11. The van der Waals surface area contributed by atoms with Crippen molar-refractivity contribution in [2.75, 3.05) is 0 Å². The standard InChI is InChI=1S/C8H5BrN2OS/c9-7-2-5-6(13-7)1-4(3-11-5)8(10)12/h1-3H,(H2,10,12). The van der Waals surface area contributed by atoms with E-state index in [4.69, 9.17) is 5.73 Å². The number of thiophene rings is 1. The fourth-order valence-electron chi connectivity index (χ4n) is 1.02. The number of pyridine rings is 1. The van der Waals surface area contributed by atoms with Crippen molar-refractivity contribution >= 4 is 43.4 Å². The molecule has 0 radical (unpaired) electrons. The van der Waals surface area contributed by atoms with E-state index in [-0.39, 0.29) is 0 Å². The Morgan fingerprint density at radius 2 is 2.31 bits per heavy atom. The number of rotatable bonds is 1. The number of hydrogen-bond donors (Lipinski definition) is 1. The van der Waals surface area contributed by atoms with E-state index in [1.54, 1.807) is 6.07 Å². The van der Waals surface area contributed by atoms with Crippen molar-refractivity contribution in [3.8, 4) is 0 Å². The molecule has 13 heavy (non-hydrogen) atoms. The van der Waals surface area contributed by atoms with Crippen LogP contribution in [0.5, 0.6) is 0 Å². The molecule has 0 bridgehead atoms. The lowest BCUT2D eigenvalue weighted by Crippen LogP contribution is -2.10. The summed E-state index contributed by atoms with van der Waals surface area (Å²) in [7, 11) is 0. The van der Waals surface area contributed by atoms with Crippen LogP contribution in [0.3, 0.4) is 0 Å². The van der Waals surface area contributed by atoms with Gasteiger partial charge >= 0.3 is 0 Å². The monoisotopic (exact) mass is 256 g/mol. The Morgan fingerprint density at radius 1 is 1.54 bits per heavy atom. The Hall–Kier alpha value is -0.940. The summed E-state index contributed by atoms with van der Waals surface area (Å²) < 4.78 is 1.96. The minimum Gasteiger partial charge on any atom is -0.366 e. The fraction of sp³-hybridized carbons (Fsp3) is 0. The van der Waals surface area contributed by atoms with Gasteiger partial charge in [0.25, 0.3) is 0 Å². The molecule has 2 aromatic heterocycles. The average Bonchev–Trinajstić information content (AvgIpc) is 2.42. The van der Waals surface area contributed by atoms with Gasteiger partial charge in [0.1, 0.15) is 0 Å². The van der Waals surface area contributed by atoms with Crippen molar-refractivity contribution < 1.29 is 4.79 Å². The topological polar surface area (TPSA) is 56.0 Å². The van der Waals surface area contributed by atoms with Crippen molar-refractivity contribution in [2.45, 2.75) is 0 Å². The Balaban J connectivity index is 2.67. The number of nitrogens with two attached hydrogens (primary N) is 1. The maximum Gasteiger partial charge on any atom is 0.250 e. The van der Waals surface area contributed by atoms with Gasteiger partial charge in [-0.2, -0.15) is 0 Å². The summed E-state index contributed by atoms with van der Waals surface area (Å²) in [5.74, 6) is -0.445. The lowest BCUT2D eigenvalue weighted by atomic mass is 10.2. The van der Waals surface area contributed by atoms with Crippen LogP contribution in [0, 0.1) is 0 Å². The summed E-state index contributed by atoms with van der Waals surface area (Å²) in [5, 5.41) is 0. The molecule has 0 saturated heterocycles. The summed E-state index contributed by atoms with van der Waals surface area (Å²) in [6, 6.07) is 3.66. The van der Waals surface area contributed by atoms with Gasteiger partial charge in [0.15, 0.2) is 0 Å². The van der Waals surface area contributed by atoms with E-state index in [0.29, 0.717) is 5.56 Å². The molecule has 0 aliphatic heterocycles. The number of nitrogens with zero attached hydrogens (tertiary/aromatic N) is 1. The van der Waals surface area contributed by atoms with E-state index < -0.39 is 5.91 Å². The SMILES string of the molecule is NC(=O)c1cnc2cc(Br)sc2c1. The molecule has 2 rings (SSSR count). The lowest BCUT2D eigenvalue weighted by Gasteiger charge is -1.93. The van der Waals surface area contributed by atoms with E-state index in [1.807, 2.05) is 6.07 Å². The number of carbonyl (C=O) groups excluding carboxylic acids is 1. The van der Waals surface area contributed by atoms with Crippen molar-refractivity contribution in [2.24, 2.45) is 5.73 Å². The van der Waals surface area contributed by atoms with Crippen LogP contribution >= 0.6 is 27.3 Å². The normalized spacial score (nSPS) is 10.5. The van der Waals surface area contributed by atoms with Crippen LogP contribution in [0.25, 0.3) is 10.2 Å². The first kappa shape index (κ1) is 8.65. The molecule has 0 aromatic carbocycles. The summed E-state index contributed by atoms with van der Waals surface area (Å²) in [6.45, 7) is 0. The van der Waals surface area contributed by atoms with E-state index in [2.05, 4.69) is 20.9 Å². The number of primary amides is 1. The second kappa shape index (κ2) is 3.08. The molecule has 0 spiro atoms. The van der Waals surface area contributed by atoms with Gasteiger partial charge in [0, 0.05) is 6.20 Å². The van der Waals surface area contributed by atoms with Crippen LogP contribution in [-0.4, -0.2) is 10.9 Å². The zero-order chi connectivity index (χ0) is 9.42. The van der Waals surface area contributed by atoms with Gasteiger partial charge in [0.05, 0.1) is 19.6 Å². The summed E-state index contributed by atoms with van der Waals surface area (Å²) >= 11 is 4.88. The van der Waals surface area contributed by atoms with Gasteiger partial charge in [-0.05, 0) is 28.1 Å². The fourth-order valence-corrected chi connectivity index (χ4v) is 2.54. The van der Waals surface area contributed by atoms with Crippen molar-refractivity contribution in [3.63, 3.8) is 0 Å². The second-order valence-electron chi connectivity index (χ2n) is 2.52. The zero-order valence-corrected chi connectivity index (χ0v) is 8.85. The first-order chi connectivity index (χ1) is 6.16. The third-order valence-corrected chi connectivity index (χ3v) is 3.20. The molecule has 66 valence electrons. The third-order valence-electron chi connectivity index (χ3n) is 1.62. The number of fused-ring (bicyclic) bond motifs is 1. The Labute approximate surface area is 86.7 Å². The van der Waals surface area contributed by atoms with E-state index in [0.717, 1.165) is 14.0 Å². The van der Waals surface area contributed by atoms with Crippen LogP contribution < -0.4 is 5.73 Å². The predicted octanol–water partition coefficient (Wildman–Crippen LogP) is 2.16. The maximum absolute atomic E-state index is 10.8. The van der Waals surface area contributed by atoms with Crippen LogP contribution in [0.2, 0.25) is 0 Å². The minimum absolute atomic E-state index is 0.445. The number of hydrogen-bond acceptors (Lipinski definition) is 3. The summed E-state index contributed by atoms with van der Waals surface area (Å²) in [4.78, 5) is 14.9. The maximum atomic E-state index is 10.8. The van der Waals surface area contributed by atoms with Crippen molar-refractivity contribution in [1.29, 1.82) is 0 Å². The van der Waals surface area contributed by atoms with Gasteiger partial charge in [-0.3, -0.25) is 9.78 Å². The molecule has 0 fully saturated rings. The number of amides is 1. The zero-order valence-electron chi connectivity index (χ0n) is 6.45. The molecule has 5 heteroatoms. The van der Waals surface area contributed by atoms with E-state index in [1.165, 1.54) is 17.5 Å². The smallest absolute Gasteiger partial charge is 0.250 e. The summed E-state index contributed by atoms with van der Waals surface area (Å²) in [5.41, 5.74) is 6.45. The van der Waals surface area contributed by atoms with E-state index >= 15 is 0 Å². The first-order valence-corrected chi connectivity index (χ1v) is 5.12. The van der Waals surface area contributed by atoms with Gasteiger partial charge in [-0.1, -0.05) is 0 Å². The third kappa shape index (κ3) is 1.57. The molecule has 2 aromatic rings. The Morgan fingerprint density at radius 3 is 3.00 bits per heavy atom. The van der Waals surface area contributed by atoms with E-state index in [9.17, 15) is 4.79 Å². The van der Waals surface area contributed by atoms with Crippen molar-refractivity contribution in [1.82, 2.24) is 4.98 Å². The molecule has 0 atom stereocenters. The Bertz CT molecular complexity index is 480.